The topological polar surface area (TPSA) is 29.9 Å². The van der Waals surface area contributed by atoms with Gasteiger partial charge in [0.1, 0.15) is 0 Å². The Hall–Kier alpha value is -2.48. The third kappa shape index (κ3) is 6.22. The third-order valence-corrected chi connectivity index (χ3v) is 7.95. The van der Waals surface area contributed by atoms with Gasteiger partial charge in [-0.2, -0.15) is 13.2 Å². The number of imidazole rings is 1. The molecule has 3 aromatic rings. The summed E-state index contributed by atoms with van der Waals surface area (Å²) in [6.07, 6.45) is -0.699. The van der Waals surface area contributed by atoms with Crippen molar-refractivity contribution in [3.8, 4) is 0 Å². The van der Waals surface area contributed by atoms with Gasteiger partial charge in [-0.25, -0.2) is 13.8 Å². The summed E-state index contributed by atoms with van der Waals surface area (Å²) in [4.78, 5) is 4.35. The maximum atomic E-state index is 14.1. The molecule has 2 aliphatic rings. The molecule has 0 amide bonds. The average Bonchev–Trinajstić information content (AvgIpc) is 3.29. The van der Waals surface area contributed by atoms with Crippen LogP contribution in [0.3, 0.4) is 0 Å². The first-order valence-corrected chi connectivity index (χ1v) is 13.8. The molecule has 3 nitrogen and oxygen atoms in total. The van der Waals surface area contributed by atoms with Crippen molar-refractivity contribution in [1.82, 2.24) is 14.9 Å². The fourth-order valence-electron chi connectivity index (χ4n) is 6.09. The molecule has 2 aromatic carbocycles. The van der Waals surface area contributed by atoms with Gasteiger partial charge in [0, 0.05) is 23.7 Å². The molecule has 1 saturated carbocycles. The standard InChI is InChI=1S/C28H32F5N3.C2H6/c1-16-9-23(10-16)36-15-34-25-13-18(12-24(26(25)36)28(31,32)33)3-8-22-14-21(11-17(2)35-22)19-4-6-20(7-5-19)27(29)30;1-2/h4-7,12-13,15-17,21-23,27,35H,3,8-11,14H2,1-2H3;1-2H3. The molecule has 2 fully saturated rings. The van der Waals surface area contributed by atoms with Crippen LogP contribution in [0.15, 0.2) is 42.7 Å². The second-order valence-corrected chi connectivity index (χ2v) is 10.8. The van der Waals surface area contributed by atoms with E-state index < -0.39 is 18.2 Å². The lowest BCUT2D eigenvalue weighted by atomic mass is 9.81. The molecule has 1 saturated heterocycles. The van der Waals surface area contributed by atoms with Gasteiger partial charge >= 0.3 is 6.18 Å². The minimum absolute atomic E-state index is 0.0161. The zero-order valence-corrected chi connectivity index (χ0v) is 22.5. The summed E-state index contributed by atoms with van der Waals surface area (Å²) < 4.78 is 69.8. The van der Waals surface area contributed by atoms with Gasteiger partial charge in [-0.05, 0) is 80.5 Å². The van der Waals surface area contributed by atoms with Crippen LogP contribution < -0.4 is 5.32 Å². The Kier molecular flexibility index (Phi) is 8.80. The van der Waals surface area contributed by atoms with E-state index in [1.165, 1.54) is 18.2 Å². The van der Waals surface area contributed by atoms with Gasteiger partial charge < -0.3 is 9.88 Å². The Bertz CT molecular complexity index is 1200. The third-order valence-electron chi connectivity index (χ3n) is 7.95. The molecule has 3 unspecified atom stereocenters. The summed E-state index contributed by atoms with van der Waals surface area (Å²) in [5, 5.41) is 3.57. The highest BCUT2D eigenvalue weighted by Gasteiger charge is 2.37. The van der Waals surface area contributed by atoms with Crippen LogP contribution >= 0.6 is 0 Å². The number of alkyl halides is 5. The van der Waals surface area contributed by atoms with Crippen LogP contribution in [0.2, 0.25) is 0 Å². The number of aromatic nitrogens is 2. The van der Waals surface area contributed by atoms with Gasteiger partial charge in [0.15, 0.2) is 0 Å². The second kappa shape index (κ2) is 11.7. The fraction of sp³-hybridized carbons (Fsp3) is 0.567. The van der Waals surface area contributed by atoms with Crippen LogP contribution in [0.4, 0.5) is 22.0 Å². The zero-order valence-electron chi connectivity index (χ0n) is 22.5. The maximum Gasteiger partial charge on any atom is 0.418 e. The van der Waals surface area contributed by atoms with Gasteiger partial charge in [0.2, 0.25) is 0 Å². The Morgan fingerprint density at radius 2 is 1.68 bits per heavy atom. The van der Waals surface area contributed by atoms with E-state index in [0.29, 0.717) is 29.8 Å². The molecule has 0 radical (unpaired) electrons. The van der Waals surface area contributed by atoms with Crippen LogP contribution in [0.25, 0.3) is 11.0 Å². The van der Waals surface area contributed by atoms with E-state index in [4.69, 9.17) is 0 Å². The number of benzene rings is 2. The summed E-state index contributed by atoms with van der Waals surface area (Å²) in [5.74, 6) is 0.754. The highest BCUT2D eigenvalue weighted by molar-refractivity contribution is 5.81. The monoisotopic (exact) mass is 535 g/mol. The van der Waals surface area contributed by atoms with E-state index in [0.717, 1.165) is 31.2 Å². The van der Waals surface area contributed by atoms with Gasteiger partial charge in [0.25, 0.3) is 6.43 Å². The molecule has 5 rings (SSSR count). The van der Waals surface area contributed by atoms with Crippen molar-refractivity contribution in [2.45, 2.75) is 103 Å². The molecule has 1 aromatic heterocycles. The number of hydrogen-bond acceptors (Lipinski definition) is 2. The highest BCUT2D eigenvalue weighted by atomic mass is 19.4. The number of piperidine rings is 1. The summed E-state index contributed by atoms with van der Waals surface area (Å²) in [6.45, 7) is 8.20. The molecule has 1 N–H and O–H groups in total. The van der Waals surface area contributed by atoms with Gasteiger partial charge in [-0.3, -0.25) is 0 Å². The first-order chi connectivity index (χ1) is 18.1. The van der Waals surface area contributed by atoms with E-state index in [1.54, 1.807) is 29.1 Å². The van der Waals surface area contributed by atoms with Crippen LogP contribution in [-0.2, 0) is 12.6 Å². The van der Waals surface area contributed by atoms with Crippen LogP contribution in [0.5, 0.6) is 0 Å². The fourth-order valence-corrected chi connectivity index (χ4v) is 6.09. The number of hydrogen-bond donors (Lipinski definition) is 1. The SMILES string of the molecule is CC.CC1CC(n2cnc3cc(CCC4CC(c5ccc(C(F)F)cc5)CC(C)N4)cc(C(F)(F)F)c32)C1. The Morgan fingerprint density at radius 1 is 1.00 bits per heavy atom. The van der Waals surface area contributed by atoms with E-state index in [1.807, 2.05) is 13.8 Å². The number of fused-ring (bicyclic) bond motifs is 1. The van der Waals surface area contributed by atoms with Crippen molar-refractivity contribution in [3.05, 3.63) is 65.0 Å². The first-order valence-electron chi connectivity index (χ1n) is 13.8. The molecule has 2 heterocycles. The first kappa shape index (κ1) is 28.5. The largest absolute Gasteiger partial charge is 0.418 e. The van der Waals surface area contributed by atoms with Crippen molar-refractivity contribution in [1.29, 1.82) is 0 Å². The molecule has 0 spiro atoms. The zero-order chi connectivity index (χ0) is 27.6. The Labute approximate surface area is 221 Å². The Balaban J connectivity index is 0.00000164. The molecular formula is C30H38F5N3. The van der Waals surface area contributed by atoms with Crippen LogP contribution in [0.1, 0.15) is 100 Å². The Morgan fingerprint density at radius 3 is 2.29 bits per heavy atom. The minimum atomic E-state index is -4.45. The van der Waals surface area contributed by atoms with Crippen molar-refractivity contribution in [2.75, 3.05) is 0 Å². The van der Waals surface area contributed by atoms with Crippen molar-refractivity contribution in [2.24, 2.45) is 5.92 Å². The summed E-state index contributed by atoms with van der Waals surface area (Å²) in [7, 11) is 0. The molecule has 1 aliphatic heterocycles. The lowest BCUT2D eigenvalue weighted by molar-refractivity contribution is -0.136. The highest BCUT2D eigenvalue weighted by Crippen LogP contribution is 2.43. The molecule has 38 heavy (non-hydrogen) atoms. The van der Waals surface area contributed by atoms with E-state index in [-0.39, 0.29) is 35.1 Å². The number of rotatable bonds is 6. The van der Waals surface area contributed by atoms with E-state index in [2.05, 4.69) is 24.1 Å². The predicted molar refractivity (Wildman–Crippen MR) is 142 cm³/mol. The van der Waals surface area contributed by atoms with E-state index >= 15 is 0 Å². The van der Waals surface area contributed by atoms with Crippen molar-refractivity contribution >= 4 is 11.0 Å². The molecule has 3 atom stereocenters. The van der Waals surface area contributed by atoms with Crippen molar-refractivity contribution < 1.29 is 22.0 Å². The lowest BCUT2D eigenvalue weighted by Crippen LogP contribution is -2.43. The van der Waals surface area contributed by atoms with Gasteiger partial charge in [-0.1, -0.05) is 45.0 Å². The predicted octanol–water partition coefficient (Wildman–Crippen LogP) is 8.85. The number of nitrogens with one attached hydrogen (secondary N) is 1. The second-order valence-electron chi connectivity index (χ2n) is 10.8. The maximum absolute atomic E-state index is 14.1. The van der Waals surface area contributed by atoms with Gasteiger partial charge in [0.05, 0.1) is 22.9 Å². The quantitative estimate of drug-likeness (QED) is 0.320. The van der Waals surface area contributed by atoms with Crippen LogP contribution in [0, 0.1) is 5.92 Å². The number of nitrogens with zero attached hydrogens (tertiary/aromatic N) is 2. The molecule has 8 heteroatoms. The molecule has 1 aliphatic carbocycles. The van der Waals surface area contributed by atoms with E-state index in [9.17, 15) is 22.0 Å². The molecule has 208 valence electrons. The lowest BCUT2D eigenvalue weighted by Gasteiger charge is -2.35. The summed E-state index contributed by atoms with van der Waals surface area (Å²) in [5.41, 5.74) is 1.69. The number of halogens is 5. The normalized spacial score (nSPS) is 25.7. The van der Waals surface area contributed by atoms with Crippen LogP contribution in [-0.4, -0.2) is 21.6 Å². The van der Waals surface area contributed by atoms with Crippen molar-refractivity contribution in [3.63, 3.8) is 0 Å². The summed E-state index contributed by atoms with van der Waals surface area (Å²) in [6, 6.07) is 10.1. The average molecular weight is 536 g/mol. The van der Waals surface area contributed by atoms with Gasteiger partial charge in [-0.15, -0.1) is 0 Å². The molecule has 0 bridgehead atoms. The number of aryl methyl sites for hydroxylation is 1. The summed E-state index contributed by atoms with van der Waals surface area (Å²) >= 11 is 0. The molecular weight excluding hydrogens is 497 g/mol. The minimum Gasteiger partial charge on any atom is -0.327 e. The smallest absolute Gasteiger partial charge is 0.327 e.